The first-order valence-electron chi connectivity index (χ1n) is 7.04. The summed E-state index contributed by atoms with van der Waals surface area (Å²) in [6.45, 7) is 9.63. The second-order valence-corrected chi connectivity index (χ2v) is 4.98. The highest BCUT2D eigenvalue weighted by Crippen LogP contribution is 2.11. The largest absolute Gasteiger partial charge is 0.380 e. The molecular formula is C16H27IN4. The zero-order valence-electron chi connectivity index (χ0n) is 13.1. The molecule has 0 saturated heterocycles. The van der Waals surface area contributed by atoms with Crippen LogP contribution in [0, 0.1) is 5.92 Å². The van der Waals surface area contributed by atoms with E-state index < -0.39 is 0 Å². The van der Waals surface area contributed by atoms with Crippen LogP contribution in [0.2, 0.25) is 0 Å². The first kappa shape index (κ1) is 19.8. The lowest BCUT2D eigenvalue weighted by Gasteiger charge is -2.25. The molecule has 21 heavy (non-hydrogen) atoms. The predicted molar refractivity (Wildman–Crippen MR) is 104 cm³/mol. The Morgan fingerprint density at radius 3 is 2.43 bits per heavy atom. The Kier molecular flexibility index (Phi) is 10.7. The van der Waals surface area contributed by atoms with E-state index in [0.29, 0.717) is 18.5 Å². The lowest BCUT2D eigenvalue weighted by Crippen LogP contribution is -2.44. The van der Waals surface area contributed by atoms with Crippen molar-refractivity contribution in [2.24, 2.45) is 10.9 Å². The van der Waals surface area contributed by atoms with Crippen LogP contribution in [0.4, 0.5) is 5.69 Å². The third-order valence-corrected chi connectivity index (χ3v) is 3.06. The molecule has 5 heteroatoms. The molecular weight excluding hydrogens is 375 g/mol. The van der Waals surface area contributed by atoms with E-state index >= 15 is 0 Å². The highest BCUT2D eigenvalue weighted by molar-refractivity contribution is 14.0. The van der Waals surface area contributed by atoms with Crippen LogP contribution in [-0.2, 0) is 0 Å². The quantitative estimate of drug-likeness (QED) is 0.284. The fourth-order valence-electron chi connectivity index (χ4n) is 1.80. The molecule has 0 amide bonds. The minimum Gasteiger partial charge on any atom is -0.380 e. The summed E-state index contributed by atoms with van der Waals surface area (Å²) in [4.78, 5) is 4.18. The molecule has 0 aliphatic rings. The first-order chi connectivity index (χ1) is 9.67. The van der Waals surface area contributed by atoms with E-state index in [-0.39, 0.29) is 24.0 Å². The van der Waals surface area contributed by atoms with Gasteiger partial charge in [0.15, 0.2) is 5.96 Å². The third-order valence-electron chi connectivity index (χ3n) is 3.06. The number of hydrogen-bond donors (Lipinski definition) is 3. The molecule has 0 aromatic heterocycles. The molecule has 1 rings (SSSR count). The number of halogens is 1. The Morgan fingerprint density at radius 1 is 1.24 bits per heavy atom. The Balaban J connectivity index is 0.00000400. The number of aliphatic imine (C=N–C) groups is 1. The van der Waals surface area contributed by atoms with Gasteiger partial charge in [-0.1, -0.05) is 38.1 Å². The number of hydrogen-bond acceptors (Lipinski definition) is 2. The average molecular weight is 402 g/mol. The minimum atomic E-state index is 0. The van der Waals surface area contributed by atoms with Gasteiger partial charge in [-0.25, -0.2) is 0 Å². The molecule has 0 aliphatic heterocycles. The van der Waals surface area contributed by atoms with Gasteiger partial charge in [-0.15, -0.1) is 30.6 Å². The van der Waals surface area contributed by atoms with E-state index in [2.05, 4.69) is 53.5 Å². The summed E-state index contributed by atoms with van der Waals surface area (Å²) in [5, 5.41) is 10.1. The van der Waals surface area contributed by atoms with E-state index in [0.717, 1.165) is 18.2 Å². The average Bonchev–Trinajstić information content (AvgIpc) is 2.47. The summed E-state index contributed by atoms with van der Waals surface area (Å²) in [6, 6.07) is 10.6. The third kappa shape index (κ3) is 7.94. The van der Waals surface area contributed by atoms with Crippen molar-refractivity contribution >= 4 is 35.6 Å². The monoisotopic (exact) mass is 402 g/mol. The minimum absolute atomic E-state index is 0. The standard InChI is InChI=1S/C16H26N4.HI/c1-5-11-18-16(17-4)19-12-15(13(2)3)20-14-9-7-6-8-10-14;/h5-10,13,15,20H,1,11-12H2,2-4H3,(H2,17,18,19);1H. The molecule has 3 N–H and O–H groups in total. The van der Waals surface area contributed by atoms with E-state index in [9.17, 15) is 0 Å². The summed E-state index contributed by atoms with van der Waals surface area (Å²) in [5.74, 6) is 1.31. The normalized spacial score (nSPS) is 12.3. The van der Waals surface area contributed by atoms with E-state index in [4.69, 9.17) is 0 Å². The first-order valence-corrected chi connectivity index (χ1v) is 7.04. The van der Waals surface area contributed by atoms with Crippen LogP contribution in [0.1, 0.15) is 13.8 Å². The SMILES string of the molecule is C=CCNC(=NC)NCC(Nc1ccccc1)C(C)C.I. The van der Waals surface area contributed by atoms with Crippen molar-refractivity contribution in [1.29, 1.82) is 0 Å². The Hall–Kier alpha value is -1.24. The highest BCUT2D eigenvalue weighted by atomic mass is 127. The molecule has 0 heterocycles. The van der Waals surface area contributed by atoms with E-state index in [1.54, 1.807) is 7.05 Å². The zero-order chi connectivity index (χ0) is 14.8. The molecule has 0 aliphatic carbocycles. The lowest BCUT2D eigenvalue weighted by atomic mass is 10.0. The van der Waals surface area contributed by atoms with Gasteiger partial charge in [0.25, 0.3) is 0 Å². The smallest absolute Gasteiger partial charge is 0.191 e. The van der Waals surface area contributed by atoms with Gasteiger partial charge in [0.2, 0.25) is 0 Å². The maximum atomic E-state index is 4.18. The lowest BCUT2D eigenvalue weighted by molar-refractivity contribution is 0.513. The summed E-state index contributed by atoms with van der Waals surface area (Å²) in [7, 11) is 1.77. The van der Waals surface area contributed by atoms with Crippen molar-refractivity contribution in [3.8, 4) is 0 Å². The maximum absolute atomic E-state index is 4.18. The molecule has 4 nitrogen and oxygen atoms in total. The molecule has 0 bridgehead atoms. The molecule has 1 aromatic rings. The van der Waals surface area contributed by atoms with Crippen molar-refractivity contribution in [2.75, 3.05) is 25.5 Å². The van der Waals surface area contributed by atoms with Gasteiger partial charge in [0.1, 0.15) is 0 Å². The number of guanidine groups is 1. The van der Waals surface area contributed by atoms with Gasteiger partial charge in [-0.3, -0.25) is 4.99 Å². The zero-order valence-corrected chi connectivity index (χ0v) is 15.4. The molecule has 0 fully saturated rings. The molecule has 0 radical (unpaired) electrons. The fourth-order valence-corrected chi connectivity index (χ4v) is 1.80. The van der Waals surface area contributed by atoms with Crippen molar-refractivity contribution in [1.82, 2.24) is 10.6 Å². The summed E-state index contributed by atoms with van der Waals surface area (Å²) < 4.78 is 0. The van der Waals surface area contributed by atoms with Crippen molar-refractivity contribution in [3.63, 3.8) is 0 Å². The second-order valence-electron chi connectivity index (χ2n) is 4.98. The number of nitrogens with zero attached hydrogens (tertiary/aromatic N) is 1. The Morgan fingerprint density at radius 2 is 1.90 bits per heavy atom. The fraction of sp³-hybridized carbons (Fsp3) is 0.438. The van der Waals surface area contributed by atoms with Crippen LogP contribution in [0.5, 0.6) is 0 Å². The van der Waals surface area contributed by atoms with E-state index in [1.165, 1.54) is 0 Å². The van der Waals surface area contributed by atoms with Gasteiger partial charge in [-0.2, -0.15) is 0 Å². The van der Waals surface area contributed by atoms with Crippen LogP contribution in [0.25, 0.3) is 0 Å². The van der Waals surface area contributed by atoms with Crippen molar-refractivity contribution in [2.45, 2.75) is 19.9 Å². The summed E-state index contributed by atoms with van der Waals surface area (Å²) in [6.07, 6.45) is 1.81. The number of anilines is 1. The highest BCUT2D eigenvalue weighted by Gasteiger charge is 2.13. The summed E-state index contributed by atoms with van der Waals surface area (Å²) in [5.41, 5.74) is 1.14. The van der Waals surface area contributed by atoms with Crippen LogP contribution >= 0.6 is 24.0 Å². The molecule has 1 atom stereocenters. The van der Waals surface area contributed by atoms with Crippen LogP contribution in [0.15, 0.2) is 48.0 Å². The molecule has 0 saturated carbocycles. The maximum Gasteiger partial charge on any atom is 0.191 e. The molecule has 1 aromatic carbocycles. The Bertz CT molecular complexity index is 418. The molecule has 1 unspecified atom stereocenters. The molecule has 0 spiro atoms. The number of para-hydroxylation sites is 1. The van der Waals surface area contributed by atoms with Crippen molar-refractivity contribution < 1.29 is 0 Å². The number of benzene rings is 1. The second kappa shape index (κ2) is 11.4. The van der Waals surface area contributed by atoms with Crippen LogP contribution in [-0.4, -0.2) is 32.1 Å². The van der Waals surface area contributed by atoms with Gasteiger partial charge in [0.05, 0.1) is 0 Å². The number of nitrogens with one attached hydrogen (secondary N) is 3. The van der Waals surface area contributed by atoms with Gasteiger partial charge in [-0.05, 0) is 18.1 Å². The van der Waals surface area contributed by atoms with Crippen LogP contribution in [0.3, 0.4) is 0 Å². The topological polar surface area (TPSA) is 48.5 Å². The van der Waals surface area contributed by atoms with E-state index in [1.807, 2.05) is 24.3 Å². The number of rotatable bonds is 7. The van der Waals surface area contributed by atoms with Gasteiger partial charge < -0.3 is 16.0 Å². The van der Waals surface area contributed by atoms with Crippen molar-refractivity contribution in [3.05, 3.63) is 43.0 Å². The Labute approximate surface area is 145 Å². The van der Waals surface area contributed by atoms with Gasteiger partial charge >= 0.3 is 0 Å². The van der Waals surface area contributed by atoms with Gasteiger partial charge in [0, 0.05) is 31.9 Å². The van der Waals surface area contributed by atoms with Crippen LogP contribution < -0.4 is 16.0 Å². The predicted octanol–water partition coefficient (Wildman–Crippen LogP) is 3.09. The summed E-state index contributed by atoms with van der Waals surface area (Å²) >= 11 is 0. The molecule has 118 valence electrons.